The average molecular weight is 275 g/mol. The molecule has 0 radical (unpaired) electrons. The number of halogens is 1. The summed E-state index contributed by atoms with van der Waals surface area (Å²) in [5.74, 6) is -0.313. The van der Waals surface area contributed by atoms with Crippen molar-refractivity contribution >= 4 is 23.3 Å². The van der Waals surface area contributed by atoms with Gasteiger partial charge in [-0.05, 0) is 53.4 Å². The molecule has 0 spiro atoms. The molecular weight excluding hydrogens is 261 g/mol. The molecule has 1 aliphatic carbocycles. The van der Waals surface area contributed by atoms with Crippen LogP contribution >= 0.6 is 11.3 Å². The van der Waals surface area contributed by atoms with E-state index in [1.54, 1.807) is 23.5 Å². The minimum Gasteiger partial charge on any atom is -0.362 e. The van der Waals surface area contributed by atoms with Crippen molar-refractivity contribution < 1.29 is 9.18 Å². The molecule has 1 aliphatic rings. The van der Waals surface area contributed by atoms with E-state index in [0.29, 0.717) is 23.6 Å². The van der Waals surface area contributed by atoms with Crippen LogP contribution in [0.2, 0.25) is 0 Å². The first-order valence-electron chi connectivity index (χ1n) is 6.30. The highest BCUT2D eigenvalue weighted by atomic mass is 32.1. The van der Waals surface area contributed by atoms with Crippen LogP contribution in [0.3, 0.4) is 0 Å². The fourth-order valence-electron chi connectivity index (χ4n) is 2.21. The molecule has 2 aromatic rings. The molecular formula is C15H14FNOS. The largest absolute Gasteiger partial charge is 0.362 e. The molecule has 0 unspecified atom stereocenters. The Kier molecular flexibility index (Phi) is 3.34. The number of rotatable bonds is 5. The predicted octanol–water partition coefficient (Wildman–Crippen LogP) is 3.87. The van der Waals surface area contributed by atoms with Crippen molar-refractivity contribution in [2.45, 2.75) is 25.4 Å². The van der Waals surface area contributed by atoms with Crippen molar-refractivity contribution in [2.24, 2.45) is 0 Å². The van der Waals surface area contributed by atoms with Crippen LogP contribution in [0.1, 0.15) is 28.8 Å². The van der Waals surface area contributed by atoms with Crippen molar-refractivity contribution in [1.82, 2.24) is 0 Å². The Morgan fingerprint density at radius 3 is 2.79 bits per heavy atom. The Morgan fingerprint density at radius 1 is 1.37 bits per heavy atom. The van der Waals surface area contributed by atoms with E-state index in [0.717, 1.165) is 19.4 Å². The van der Waals surface area contributed by atoms with Gasteiger partial charge in [0.15, 0.2) is 0 Å². The molecule has 0 atom stereocenters. The summed E-state index contributed by atoms with van der Waals surface area (Å²) in [6.07, 6.45) is 2.89. The van der Waals surface area contributed by atoms with Crippen LogP contribution in [0.15, 0.2) is 35.0 Å². The Hall–Kier alpha value is -1.68. The van der Waals surface area contributed by atoms with Crippen LogP contribution in [-0.2, 0) is 6.54 Å². The van der Waals surface area contributed by atoms with E-state index in [1.807, 2.05) is 5.38 Å². The van der Waals surface area contributed by atoms with Gasteiger partial charge in [-0.3, -0.25) is 4.79 Å². The minimum absolute atomic E-state index is 0.313. The van der Waals surface area contributed by atoms with Crippen LogP contribution in [0, 0.1) is 5.82 Å². The third kappa shape index (κ3) is 2.68. The van der Waals surface area contributed by atoms with Crippen molar-refractivity contribution in [3.8, 4) is 0 Å². The monoisotopic (exact) mass is 275 g/mol. The van der Waals surface area contributed by atoms with Gasteiger partial charge in [0.2, 0.25) is 0 Å². The highest BCUT2D eigenvalue weighted by Gasteiger charge is 2.30. The van der Waals surface area contributed by atoms with Gasteiger partial charge in [-0.25, -0.2) is 4.39 Å². The lowest BCUT2D eigenvalue weighted by atomic mass is 10.2. The average Bonchev–Trinajstić information content (AvgIpc) is 3.14. The summed E-state index contributed by atoms with van der Waals surface area (Å²) in [7, 11) is 0. The third-order valence-electron chi connectivity index (χ3n) is 3.34. The maximum absolute atomic E-state index is 14.1. The van der Waals surface area contributed by atoms with Gasteiger partial charge in [-0.2, -0.15) is 11.3 Å². The highest BCUT2D eigenvalue weighted by molar-refractivity contribution is 7.07. The molecule has 1 saturated carbocycles. The number of benzene rings is 1. The topological polar surface area (TPSA) is 20.3 Å². The zero-order valence-corrected chi connectivity index (χ0v) is 11.2. The first kappa shape index (κ1) is 12.4. The number of hydrogen-bond donors (Lipinski definition) is 0. The summed E-state index contributed by atoms with van der Waals surface area (Å²) in [5, 5.41) is 4.12. The van der Waals surface area contributed by atoms with Gasteiger partial charge in [0.25, 0.3) is 0 Å². The normalized spacial score (nSPS) is 14.4. The van der Waals surface area contributed by atoms with Crippen LogP contribution in [0.5, 0.6) is 0 Å². The van der Waals surface area contributed by atoms with E-state index in [9.17, 15) is 9.18 Å². The molecule has 1 aromatic carbocycles. The summed E-state index contributed by atoms with van der Waals surface area (Å²) in [6.45, 7) is 0.728. The van der Waals surface area contributed by atoms with Crippen molar-refractivity contribution in [3.63, 3.8) is 0 Å². The molecule has 1 aromatic heterocycles. The first-order valence-corrected chi connectivity index (χ1v) is 7.24. The quantitative estimate of drug-likeness (QED) is 0.772. The van der Waals surface area contributed by atoms with E-state index in [4.69, 9.17) is 0 Å². The van der Waals surface area contributed by atoms with Gasteiger partial charge >= 0.3 is 0 Å². The number of anilines is 1. The summed E-state index contributed by atoms with van der Waals surface area (Å²) in [6, 6.07) is 7.19. The highest BCUT2D eigenvalue weighted by Crippen LogP contribution is 2.34. The molecule has 0 bridgehead atoms. The molecule has 0 amide bonds. The Balaban J connectivity index is 1.89. The van der Waals surface area contributed by atoms with Gasteiger partial charge in [0.1, 0.15) is 12.1 Å². The second-order valence-electron chi connectivity index (χ2n) is 4.82. The molecule has 3 rings (SSSR count). The maximum Gasteiger partial charge on any atom is 0.150 e. The number of thiophene rings is 1. The molecule has 0 aliphatic heterocycles. The lowest BCUT2D eigenvalue weighted by molar-refractivity contribution is 0.112. The lowest BCUT2D eigenvalue weighted by Crippen LogP contribution is -2.25. The van der Waals surface area contributed by atoms with E-state index >= 15 is 0 Å². The van der Waals surface area contributed by atoms with E-state index in [1.165, 1.54) is 11.6 Å². The molecule has 4 heteroatoms. The predicted molar refractivity (Wildman–Crippen MR) is 75.3 cm³/mol. The number of nitrogens with zero attached hydrogens (tertiary/aromatic N) is 1. The van der Waals surface area contributed by atoms with Crippen LogP contribution < -0.4 is 4.90 Å². The molecule has 98 valence electrons. The molecule has 1 heterocycles. The van der Waals surface area contributed by atoms with Gasteiger partial charge in [0.05, 0.1) is 5.69 Å². The number of carbonyl (C=O) groups excluding carboxylic acids is 1. The molecule has 1 fully saturated rings. The zero-order valence-electron chi connectivity index (χ0n) is 10.4. The zero-order chi connectivity index (χ0) is 13.2. The van der Waals surface area contributed by atoms with Gasteiger partial charge in [-0.1, -0.05) is 0 Å². The van der Waals surface area contributed by atoms with Gasteiger partial charge in [0, 0.05) is 18.2 Å². The maximum atomic E-state index is 14.1. The molecule has 2 nitrogen and oxygen atoms in total. The standard InChI is InChI=1S/C15H14FNOS/c16-14-7-11(9-18)1-4-15(14)17(13-2-3-13)8-12-5-6-19-10-12/h1,4-7,9-10,13H,2-3,8H2. The van der Waals surface area contributed by atoms with E-state index in [2.05, 4.69) is 16.3 Å². The summed E-state index contributed by atoms with van der Waals surface area (Å²) in [5.41, 5.74) is 2.18. The SMILES string of the molecule is O=Cc1ccc(N(Cc2ccsc2)C2CC2)c(F)c1. The first-order chi connectivity index (χ1) is 9.28. The Bertz CT molecular complexity index is 578. The summed E-state index contributed by atoms with van der Waals surface area (Å²) < 4.78 is 14.1. The fraction of sp³-hybridized carbons (Fsp3) is 0.267. The minimum atomic E-state index is -0.313. The summed E-state index contributed by atoms with van der Waals surface area (Å²) >= 11 is 1.65. The number of aldehydes is 1. The number of carbonyl (C=O) groups is 1. The van der Waals surface area contributed by atoms with Gasteiger partial charge < -0.3 is 4.90 Å². The molecule has 0 saturated heterocycles. The number of hydrogen-bond acceptors (Lipinski definition) is 3. The lowest BCUT2D eigenvalue weighted by Gasteiger charge is -2.25. The summed E-state index contributed by atoms with van der Waals surface area (Å²) in [4.78, 5) is 12.8. The second kappa shape index (κ2) is 5.13. The molecule has 0 N–H and O–H groups in total. The van der Waals surface area contributed by atoms with Crippen LogP contribution in [-0.4, -0.2) is 12.3 Å². The van der Waals surface area contributed by atoms with Crippen LogP contribution in [0.4, 0.5) is 10.1 Å². The van der Waals surface area contributed by atoms with Crippen molar-refractivity contribution in [1.29, 1.82) is 0 Å². The van der Waals surface area contributed by atoms with E-state index in [-0.39, 0.29) is 5.82 Å². The van der Waals surface area contributed by atoms with Crippen LogP contribution in [0.25, 0.3) is 0 Å². The van der Waals surface area contributed by atoms with Crippen molar-refractivity contribution in [2.75, 3.05) is 4.90 Å². The smallest absolute Gasteiger partial charge is 0.150 e. The fourth-order valence-corrected chi connectivity index (χ4v) is 2.87. The Labute approximate surface area is 115 Å². The van der Waals surface area contributed by atoms with E-state index < -0.39 is 0 Å². The van der Waals surface area contributed by atoms with Crippen molar-refractivity contribution in [3.05, 3.63) is 52.0 Å². The Morgan fingerprint density at radius 2 is 2.21 bits per heavy atom. The van der Waals surface area contributed by atoms with Gasteiger partial charge in [-0.15, -0.1) is 0 Å². The molecule has 19 heavy (non-hydrogen) atoms. The third-order valence-corrected chi connectivity index (χ3v) is 4.07. The second-order valence-corrected chi connectivity index (χ2v) is 5.60.